The third-order valence-corrected chi connectivity index (χ3v) is 1.69. The molecule has 8 nitrogen and oxygen atoms in total. The molecule has 0 aliphatic heterocycles. The summed E-state index contributed by atoms with van der Waals surface area (Å²) in [5.74, 6) is -0.498. The summed E-state index contributed by atoms with van der Waals surface area (Å²) in [6, 6.07) is 0. The Kier molecular flexibility index (Phi) is 5.21. The van der Waals surface area contributed by atoms with Gasteiger partial charge in [0.05, 0.1) is 13.7 Å². The minimum atomic E-state index is -0.543. The van der Waals surface area contributed by atoms with E-state index in [-0.39, 0.29) is 32.0 Å². The molecule has 1 rings (SSSR count). The Morgan fingerprint density at radius 2 is 2.18 bits per heavy atom. The Hall–Kier alpha value is -1.83. The van der Waals surface area contributed by atoms with Crippen molar-refractivity contribution in [1.29, 1.82) is 0 Å². The molecule has 8 heteroatoms. The normalized spacial score (nSPS) is 10.2. The lowest BCUT2D eigenvalue weighted by Crippen LogP contribution is -2.16. The van der Waals surface area contributed by atoms with Crippen LogP contribution in [0.2, 0.25) is 0 Å². The maximum atomic E-state index is 11.2. The lowest BCUT2D eigenvalue weighted by Gasteiger charge is -2.01. The SMILES string of the molecule is CCOC(=O)CC(=O)COCc1nnn(C)n1. The fourth-order valence-electron chi connectivity index (χ4n) is 1.06. The molecule has 0 aliphatic rings. The molecule has 0 unspecified atom stereocenters. The van der Waals surface area contributed by atoms with Gasteiger partial charge in [-0.15, -0.1) is 10.2 Å². The van der Waals surface area contributed by atoms with Gasteiger partial charge in [-0.3, -0.25) is 9.59 Å². The molecule has 1 heterocycles. The van der Waals surface area contributed by atoms with Crippen molar-refractivity contribution < 1.29 is 19.1 Å². The largest absolute Gasteiger partial charge is 0.466 e. The van der Waals surface area contributed by atoms with Crippen LogP contribution < -0.4 is 0 Å². The Morgan fingerprint density at radius 3 is 2.76 bits per heavy atom. The average Bonchev–Trinajstić information content (AvgIpc) is 2.64. The van der Waals surface area contributed by atoms with Crippen molar-refractivity contribution in [3.63, 3.8) is 0 Å². The maximum absolute atomic E-state index is 11.2. The number of hydrogen-bond donors (Lipinski definition) is 0. The first kappa shape index (κ1) is 13.2. The molecule has 94 valence electrons. The van der Waals surface area contributed by atoms with Gasteiger partial charge in [-0.05, 0) is 12.1 Å². The van der Waals surface area contributed by atoms with Crippen molar-refractivity contribution in [2.75, 3.05) is 13.2 Å². The second kappa shape index (κ2) is 6.69. The van der Waals surface area contributed by atoms with Crippen LogP contribution >= 0.6 is 0 Å². The van der Waals surface area contributed by atoms with Crippen LogP contribution in [0, 0.1) is 0 Å². The second-order valence-electron chi connectivity index (χ2n) is 3.21. The number of aromatic nitrogens is 4. The molecule has 0 spiro atoms. The second-order valence-corrected chi connectivity index (χ2v) is 3.21. The molecule has 1 aromatic heterocycles. The van der Waals surface area contributed by atoms with Gasteiger partial charge in [0.1, 0.15) is 19.6 Å². The Morgan fingerprint density at radius 1 is 1.41 bits per heavy atom. The van der Waals surface area contributed by atoms with Crippen LogP contribution in [-0.2, 0) is 32.7 Å². The highest BCUT2D eigenvalue weighted by atomic mass is 16.5. The van der Waals surface area contributed by atoms with E-state index >= 15 is 0 Å². The van der Waals surface area contributed by atoms with E-state index < -0.39 is 5.97 Å². The number of carbonyl (C=O) groups excluding carboxylic acids is 2. The van der Waals surface area contributed by atoms with E-state index in [0.717, 1.165) is 0 Å². The van der Waals surface area contributed by atoms with E-state index in [4.69, 9.17) is 4.74 Å². The fourth-order valence-corrected chi connectivity index (χ4v) is 1.06. The molecule has 0 saturated heterocycles. The van der Waals surface area contributed by atoms with Gasteiger partial charge in [0.2, 0.25) is 0 Å². The monoisotopic (exact) mass is 242 g/mol. The number of aryl methyl sites for hydroxylation is 1. The highest BCUT2D eigenvalue weighted by Gasteiger charge is 2.10. The molecule has 0 aromatic carbocycles. The molecular formula is C9H14N4O4. The van der Waals surface area contributed by atoms with E-state index in [1.54, 1.807) is 14.0 Å². The number of hydrogen-bond acceptors (Lipinski definition) is 7. The number of carbonyl (C=O) groups is 2. The number of nitrogens with zero attached hydrogens (tertiary/aromatic N) is 4. The topological polar surface area (TPSA) is 96.2 Å². The van der Waals surface area contributed by atoms with Crippen LogP contribution in [0.3, 0.4) is 0 Å². The van der Waals surface area contributed by atoms with E-state index in [1.165, 1.54) is 4.80 Å². The van der Waals surface area contributed by atoms with Crippen molar-refractivity contribution in [2.24, 2.45) is 7.05 Å². The van der Waals surface area contributed by atoms with E-state index in [1.807, 2.05) is 0 Å². The standard InChI is InChI=1S/C9H14N4O4/c1-3-17-9(15)4-7(14)5-16-6-8-10-12-13(2)11-8/h3-6H2,1-2H3. The first-order chi connectivity index (χ1) is 8.11. The Bertz CT molecular complexity index is 390. The summed E-state index contributed by atoms with van der Waals surface area (Å²) in [5, 5.41) is 11.1. The van der Waals surface area contributed by atoms with Gasteiger partial charge < -0.3 is 9.47 Å². The third kappa shape index (κ3) is 5.16. The van der Waals surface area contributed by atoms with Gasteiger partial charge in [-0.25, -0.2) is 0 Å². The molecule has 1 aromatic rings. The number of ketones is 1. The fraction of sp³-hybridized carbons (Fsp3) is 0.667. The summed E-state index contributed by atoms with van der Waals surface area (Å²) in [5.41, 5.74) is 0. The van der Waals surface area contributed by atoms with Gasteiger partial charge in [-0.2, -0.15) is 4.80 Å². The molecule has 0 N–H and O–H groups in total. The lowest BCUT2D eigenvalue weighted by atomic mass is 10.3. The maximum Gasteiger partial charge on any atom is 0.313 e. The highest BCUT2D eigenvalue weighted by Crippen LogP contribution is 1.93. The Balaban J connectivity index is 2.18. The van der Waals surface area contributed by atoms with Gasteiger partial charge in [-0.1, -0.05) is 0 Å². The molecule has 0 fully saturated rings. The van der Waals surface area contributed by atoms with Crippen LogP contribution in [0.25, 0.3) is 0 Å². The minimum Gasteiger partial charge on any atom is -0.466 e. The number of tetrazole rings is 1. The summed E-state index contributed by atoms with van der Waals surface area (Å²) in [7, 11) is 1.63. The molecule has 0 radical (unpaired) electrons. The third-order valence-electron chi connectivity index (χ3n) is 1.69. The molecule has 0 bridgehead atoms. The summed E-state index contributed by atoms with van der Waals surface area (Å²) in [4.78, 5) is 23.5. The number of ether oxygens (including phenoxy) is 2. The van der Waals surface area contributed by atoms with Crippen molar-refractivity contribution in [3.8, 4) is 0 Å². The average molecular weight is 242 g/mol. The number of esters is 1. The molecule has 17 heavy (non-hydrogen) atoms. The van der Waals surface area contributed by atoms with Crippen molar-refractivity contribution in [3.05, 3.63) is 5.82 Å². The van der Waals surface area contributed by atoms with Gasteiger partial charge in [0, 0.05) is 0 Å². The quantitative estimate of drug-likeness (QED) is 0.458. The lowest BCUT2D eigenvalue weighted by molar-refractivity contribution is -0.146. The smallest absolute Gasteiger partial charge is 0.313 e. The Labute approximate surface area is 97.9 Å². The van der Waals surface area contributed by atoms with Crippen LogP contribution in [0.4, 0.5) is 0 Å². The molecular weight excluding hydrogens is 228 g/mol. The zero-order valence-electron chi connectivity index (χ0n) is 9.75. The molecule has 0 atom stereocenters. The molecule has 0 aliphatic carbocycles. The number of Topliss-reactive ketones (excluding diaryl/α,β-unsaturated/α-hetero) is 1. The summed E-state index contributed by atoms with van der Waals surface area (Å²) in [6.45, 7) is 1.86. The van der Waals surface area contributed by atoms with Gasteiger partial charge >= 0.3 is 5.97 Å². The van der Waals surface area contributed by atoms with Crippen molar-refractivity contribution in [2.45, 2.75) is 20.0 Å². The van der Waals surface area contributed by atoms with Crippen molar-refractivity contribution in [1.82, 2.24) is 20.2 Å². The zero-order chi connectivity index (χ0) is 12.7. The first-order valence-corrected chi connectivity index (χ1v) is 5.09. The van der Waals surface area contributed by atoms with Crippen LogP contribution in [0.15, 0.2) is 0 Å². The zero-order valence-corrected chi connectivity index (χ0v) is 9.75. The van der Waals surface area contributed by atoms with Crippen LogP contribution in [-0.4, -0.2) is 45.2 Å². The van der Waals surface area contributed by atoms with E-state index in [0.29, 0.717) is 5.82 Å². The predicted octanol–water partition coefficient (Wildman–Crippen LogP) is -0.751. The van der Waals surface area contributed by atoms with Gasteiger partial charge in [0.25, 0.3) is 0 Å². The number of rotatable bonds is 7. The van der Waals surface area contributed by atoms with Crippen molar-refractivity contribution >= 4 is 11.8 Å². The van der Waals surface area contributed by atoms with Gasteiger partial charge in [0.15, 0.2) is 11.6 Å². The minimum absolute atomic E-state index is 0.0857. The first-order valence-electron chi connectivity index (χ1n) is 5.09. The van der Waals surface area contributed by atoms with Crippen LogP contribution in [0.5, 0.6) is 0 Å². The predicted molar refractivity (Wildman–Crippen MR) is 54.7 cm³/mol. The van der Waals surface area contributed by atoms with Crippen LogP contribution in [0.1, 0.15) is 19.2 Å². The molecule has 0 saturated carbocycles. The summed E-state index contributed by atoms with van der Waals surface area (Å²) in [6.07, 6.45) is -0.276. The highest BCUT2D eigenvalue weighted by molar-refractivity contribution is 5.96. The van der Waals surface area contributed by atoms with E-state index in [9.17, 15) is 9.59 Å². The molecule has 0 amide bonds. The van der Waals surface area contributed by atoms with E-state index in [2.05, 4.69) is 20.1 Å². The summed E-state index contributed by atoms with van der Waals surface area (Å²) >= 11 is 0. The summed E-state index contributed by atoms with van der Waals surface area (Å²) < 4.78 is 9.67.